The van der Waals surface area contributed by atoms with Gasteiger partial charge in [-0.15, -0.1) is 0 Å². The second-order valence-corrected chi connectivity index (χ2v) is 5.23. The summed E-state index contributed by atoms with van der Waals surface area (Å²) in [6.07, 6.45) is 4.93. The molecule has 0 radical (unpaired) electrons. The Hall–Kier alpha value is -1.27. The molecule has 1 atom stereocenters. The second-order valence-electron chi connectivity index (χ2n) is 4.84. The van der Waals surface area contributed by atoms with Crippen LogP contribution in [0.1, 0.15) is 38.2 Å². The first-order chi connectivity index (χ1) is 8.72. The fourth-order valence-electron chi connectivity index (χ4n) is 2.51. The highest BCUT2D eigenvalue weighted by atomic mass is 35.5. The Morgan fingerprint density at radius 3 is 3.00 bits per heavy atom. The van der Waals surface area contributed by atoms with E-state index < -0.39 is 0 Å². The van der Waals surface area contributed by atoms with Crippen LogP contribution in [0.4, 0.5) is 5.82 Å². The zero-order chi connectivity index (χ0) is 13.0. The lowest BCUT2D eigenvalue weighted by molar-refractivity contribution is 0.459. The van der Waals surface area contributed by atoms with E-state index in [2.05, 4.69) is 22.9 Å². The lowest BCUT2D eigenvalue weighted by Crippen LogP contribution is -2.25. The fourth-order valence-corrected chi connectivity index (χ4v) is 2.72. The molecule has 0 N–H and O–H groups in total. The van der Waals surface area contributed by atoms with Crippen LogP contribution >= 0.6 is 11.6 Å². The first-order valence-electron chi connectivity index (χ1n) is 6.55. The largest absolute Gasteiger partial charge is 0.357 e. The van der Waals surface area contributed by atoms with Crippen LogP contribution in [0, 0.1) is 17.2 Å². The van der Waals surface area contributed by atoms with E-state index in [1.165, 1.54) is 25.7 Å². The monoisotopic (exact) mass is 263 g/mol. The van der Waals surface area contributed by atoms with E-state index in [4.69, 9.17) is 16.9 Å². The van der Waals surface area contributed by atoms with Gasteiger partial charge in [0.15, 0.2) is 0 Å². The molecule has 2 rings (SSSR count). The molecule has 0 saturated carbocycles. The smallest absolute Gasteiger partial charge is 0.132 e. The fraction of sp³-hybridized carbons (Fsp3) is 0.571. The van der Waals surface area contributed by atoms with Gasteiger partial charge in [0, 0.05) is 13.1 Å². The molecule has 0 bridgehead atoms. The van der Waals surface area contributed by atoms with Crippen molar-refractivity contribution in [1.82, 2.24) is 4.98 Å². The first kappa shape index (κ1) is 13.2. The van der Waals surface area contributed by atoms with Crippen LogP contribution in [-0.2, 0) is 0 Å². The molecule has 1 aliphatic heterocycles. The van der Waals surface area contributed by atoms with Crippen LogP contribution in [-0.4, -0.2) is 18.1 Å². The molecular weight excluding hydrogens is 246 g/mol. The van der Waals surface area contributed by atoms with Crippen molar-refractivity contribution < 1.29 is 0 Å². The Kier molecular flexibility index (Phi) is 4.43. The van der Waals surface area contributed by atoms with E-state index in [0.717, 1.165) is 24.8 Å². The summed E-state index contributed by atoms with van der Waals surface area (Å²) in [6, 6.07) is 5.57. The van der Waals surface area contributed by atoms with Crippen molar-refractivity contribution in [1.29, 1.82) is 5.26 Å². The standard InChI is InChI=1S/C14H18ClN3/c1-2-11-4-3-6-18(7-5-11)14-9-12(10-16)8-13(15)17-14/h8-9,11H,2-7H2,1H3. The van der Waals surface area contributed by atoms with Crippen LogP contribution in [0.25, 0.3) is 0 Å². The average molecular weight is 264 g/mol. The Bertz CT molecular complexity index is 453. The minimum atomic E-state index is 0.403. The number of anilines is 1. The topological polar surface area (TPSA) is 39.9 Å². The molecule has 0 amide bonds. The van der Waals surface area contributed by atoms with E-state index in [-0.39, 0.29) is 0 Å². The van der Waals surface area contributed by atoms with Crippen molar-refractivity contribution in [2.75, 3.05) is 18.0 Å². The third-order valence-electron chi connectivity index (χ3n) is 3.66. The second kappa shape index (κ2) is 6.06. The highest BCUT2D eigenvalue weighted by molar-refractivity contribution is 6.29. The number of nitrogens with zero attached hydrogens (tertiary/aromatic N) is 3. The minimum Gasteiger partial charge on any atom is -0.357 e. The van der Waals surface area contributed by atoms with Gasteiger partial charge in [0.2, 0.25) is 0 Å². The third kappa shape index (κ3) is 3.14. The van der Waals surface area contributed by atoms with Gasteiger partial charge in [0.1, 0.15) is 11.0 Å². The predicted molar refractivity (Wildman–Crippen MR) is 73.8 cm³/mol. The summed E-state index contributed by atoms with van der Waals surface area (Å²) in [5.74, 6) is 1.67. The molecule has 2 heterocycles. The van der Waals surface area contributed by atoms with Gasteiger partial charge in [0.05, 0.1) is 11.6 Å². The maximum Gasteiger partial charge on any atom is 0.132 e. The molecule has 1 aromatic heterocycles. The number of hydrogen-bond donors (Lipinski definition) is 0. The number of halogens is 1. The van der Waals surface area contributed by atoms with Gasteiger partial charge < -0.3 is 4.90 Å². The molecule has 1 aliphatic rings. The van der Waals surface area contributed by atoms with Crippen molar-refractivity contribution in [3.8, 4) is 6.07 Å². The summed E-state index contributed by atoms with van der Waals surface area (Å²) in [5.41, 5.74) is 0.585. The Labute approximate surface area is 113 Å². The maximum absolute atomic E-state index is 8.97. The Balaban J connectivity index is 2.16. The lowest BCUT2D eigenvalue weighted by Gasteiger charge is -2.22. The third-order valence-corrected chi connectivity index (χ3v) is 3.85. The summed E-state index contributed by atoms with van der Waals surface area (Å²) in [5, 5.41) is 9.37. The molecule has 1 fully saturated rings. The molecule has 0 spiro atoms. The molecule has 3 nitrogen and oxygen atoms in total. The van der Waals surface area contributed by atoms with Gasteiger partial charge in [-0.1, -0.05) is 24.9 Å². The highest BCUT2D eigenvalue weighted by Crippen LogP contribution is 2.25. The predicted octanol–water partition coefficient (Wildman–Crippen LogP) is 3.62. The summed E-state index contributed by atoms with van der Waals surface area (Å²) >= 11 is 5.96. The summed E-state index contributed by atoms with van der Waals surface area (Å²) in [4.78, 5) is 6.59. The van der Waals surface area contributed by atoms with Gasteiger partial charge in [-0.2, -0.15) is 5.26 Å². The van der Waals surface area contributed by atoms with Crippen LogP contribution in [0.15, 0.2) is 12.1 Å². The summed E-state index contributed by atoms with van der Waals surface area (Å²) in [6.45, 7) is 4.27. The van der Waals surface area contributed by atoms with E-state index in [9.17, 15) is 0 Å². The SMILES string of the molecule is CCC1CCCN(c2cc(C#N)cc(Cl)n2)CC1. The zero-order valence-corrected chi connectivity index (χ0v) is 11.5. The van der Waals surface area contributed by atoms with Gasteiger partial charge in [-0.3, -0.25) is 0 Å². The highest BCUT2D eigenvalue weighted by Gasteiger charge is 2.17. The van der Waals surface area contributed by atoms with Crippen LogP contribution in [0.5, 0.6) is 0 Å². The molecule has 0 aliphatic carbocycles. The van der Waals surface area contributed by atoms with Gasteiger partial charge >= 0.3 is 0 Å². The van der Waals surface area contributed by atoms with Gasteiger partial charge in [0.25, 0.3) is 0 Å². The van der Waals surface area contributed by atoms with Crippen molar-refractivity contribution in [2.24, 2.45) is 5.92 Å². The van der Waals surface area contributed by atoms with E-state index in [1.54, 1.807) is 6.07 Å². The quantitative estimate of drug-likeness (QED) is 0.765. The molecule has 1 saturated heterocycles. The number of pyridine rings is 1. The number of nitriles is 1. The van der Waals surface area contributed by atoms with Crippen LogP contribution in [0.3, 0.4) is 0 Å². The Morgan fingerprint density at radius 1 is 1.44 bits per heavy atom. The van der Waals surface area contributed by atoms with Crippen LogP contribution in [0.2, 0.25) is 5.15 Å². The van der Waals surface area contributed by atoms with Crippen LogP contribution < -0.4 is 4.90 Å². The van der Waals surface area contributed by atoms with Crippen molar-refractivity contribution in [3.05, 3.63) is 22.8 Å². The van der Waals surface area contributed by atoms with Gasteiger partial charge in [-0.25, -0.2) is 4.98 Å². The number of hydrogen-bond acceptors (Lipinski definition) is 3. The molecule has 96 valence electrons. The van der Waals surface area contributed by atoms with Crippen molar-refractivity contribution in [2.45, 2.75) is 32.6 Å². The summed E-state index contributed by atoms with van der Waals surface area (Å²) in [7, 11) is 0. The molecule has 4 heteroatoms. The lowest BCUT2D eigenvalue weighted by atomic mass is 9.98. The molecule has 18 heavy (non-hydrogen) atoms. The number of rotatable bonds is 2. The Morgan fingerprint density at radius 2 is 2.28 bits per heavy atom. The molecule has 0 aromatic carbocycles. The van der Waals surface area contributed by atoms with Gasteiger partial charge in [-0.05, 0) is 37.3 Å². The molecule has 1 unspecified atom stereocenters. The summed E-state index contributed by atoms with van der Waals surface area (Å²) < 4.78 is 0. The van der Waals surface area contributed by atoms with E-state index in [1.807, 2.05) is 6.07 Å². The zero-order valence-electron chi connectivity index (χ0n) is 10.7. The van der Waals surface area contributed by atoms with E-state index >= 15 is 0 Å². The minimum absolute atomic E-state index is 0.403. The normalized spacial score (nSPS) is 20.3. The molecular formula is C14H18ClN3. The maximum atomic E-state index is 8.97. The van der Waals surface area contributed by atoms with Crippen molar-refractivity contribution >= 4 is 17.4 Å². The number of aromatic nitrogens is 1. The van der Waals surface area contributed by atoms with Crippen molar-refractivity contribution in [3.63, 3.8) is 0 Å². The average Bonchev–Trinajstić information content (AvgIpc) is 2.63. The van der Waals surface area contributed by atoms with E-state index in [0.29, 0.717) is 10.7 Å². The first-order valence-corrected chi connectivity index (χ1v) is 6.93. The molecule has 1 aromatic rings.